The Bertz CT molecular complexity index is 542. The molecule has 1 aromatic carbocycles. The van der Waals surface area contributed by atoms with Gasteiger partial charge in [-0.25, -0.2) is 4.79 Å². The van der Waals surface area contributed by atoms with E-state index in [2.05, 4.69) is 5.32 Å². The Morgan fingerprint density at radius 3 is 2.48 bits per heavy atom. The molecular formula is C14H18Cl2N2O3. The first kappa shape index (κ1) is 17.6. The molecule has 1 unspecified atom stereocenters. The molecule has 0 aliphatic rings. The molecule has 21 heavy (non-hydrogen) atoms. The largest absolute Gasteiger partial charge is 0.444 e. The molecular weight excluding hydrogens is 315 g/mol. The summed E-state index contributed by atoms with van der Waals surface area (Å²) in [5.74, 6) is -0.683. The van der Waals surface area contributed by atoms with Gasteiger partial charge in [-0.15, -0.1) is 0 Å². The van der Waals surface area contributed by atoms with E-state index in [0.717, 1.165) is 0 Å². The predicted molar refractivity (Wildman–Crippen MR) is 82.5 cm³/mol. The smallest absolute Gasteiger partial charge is 0.408 e. The lowest BCUT2D eigenvalue weighted by atomic mass is 10.1. The summed E-state index contributed by atoms with van der Waals surface area (Å²) < 4.78 is 5.09. The van der Waals surface area contributed by atoms with Crippen LogP contribution in [0.4, 0.5) is 4.79 Å². The fraction of sp³-hybridized carbons (Fsp3) is 0.429. The van der Waals surface area contributed by atoms with Gasteiger partial charge in [0.05, 0.1) is 10.0 Å². The maximum absolute atomic E-state index is 11.7. The second-order valence-electron chi connectivity index (χ2n) is 5.52. The molecule has 7 heteroatoms. The van der Waals surface area contributed by atoms with Gasteiger partial charge in [0.15, 0.2) is 0 Å². The van der Waals surface area contributed by atoms with E-state index >= 15 is 0 Å². The molecule has 0 heterocycles. The second-order valence-corrected chi connectivity index (χ2v) is 6.30. The van der Waals surface area contributed by atoms with Crippen molar-refractivity contribution in [2.24, 2.45) is 5.73 Å². The van der Waals surface area contributed by atoms with Crippen LogP contribution in [0.5, 0.6) is 0 Å². The van der Waals surface area contributed by atoms with Gasteiger partial charge in [0, 0.05) is 6.42 Å². The number of hydrogen-bond acceptors (Lipinski definition) is 3. The molecule has 0 bridgehead atoms. The highest BCUT2D eigenvalue weighted by Crippen LogP contribution is 2.26. The van der Waals surface area contributed by atoms with Crippen LogP contribution in [0.15, 0.2) is 18.2 Å². The molecule has 1 atom stereocenters. The molecule has 1 rings (SSSR count). The van der Waals surface area contributed by atoms with Gasteiger partial charge < -0.3 is 15.8 Å². The topological polar surface area (TPSA) is 81.4 Å². The lowest BCUT2D eigenvalue weighted by molar-refractivity contribution is -0.120. The van der Waals surface area contributed by atoms with Crippen molar-refractivity contribution in [1.82, 2.24) is 5.32 Å². The number of ether oxygens (including phenoxy) is 1. The number of primary amides is 1. The van der Waals surface area contributed by atoms with Gasteiger partial charge in [-0.1, -0.05) is 35.3 Å². The normalized spacial score (nSPS) is 12.6. The van der Waals surface area contributed by atoms with Crippen LogP contribution < -0.4 is 11.1 Å². The fourth-order valence-electron chi connectivity index (χ4n) is 1.60. The molecule has 0 radical (unpaired) electrons. The van der Waals surface area contributed by atoms with Crippen LogP contribution in [0.25, 0.3) is 0 Å². The number of rotatable bonds is 4. The van der Waals surface area contributed by atoms with Crippen LogP contribution in [0.3, 0.4) is 0 Å². The number of nitrogens with one attached hydrogen (secondary N) is 1. The van der Waals surface area contributed by atoms with E-state index < -0.39 is 23.6 Å². The quantitative estimate of drug-likeness (QED) is 0.889. The average Bonchev–Trinajstić information content (AvgIpc) is 2.31. The van der Waals surface area contributed by atoms with Crippen molar-refractivity contribution in [3.63, 3.8) is 0 Å². The molecule has 0 aliphatic heterocycles. The highest BCUT2D eigenvalue weighted by Gasteiger charge is 2.23. The van der Waals surface area contributed by atoms with Crippen LogP contribution >= 0.6 is 23.2 Å². The van der Waals surface area contributed by atoms with Crippen molar-refractivity contribution in [1.29, 1.82) is 0 Å². The Hall–Kier alpha value is -1.46. The lowest BCUT2D eigenvalue weighted by Crippen LogP contribution is -2.47. The lowest BCUT2D eigenvalue weighted by Gasteiger charge is -2.22. The second kappa shape index (κ2) is 7.00. The van der Waals surface area contributed by atoms with Crippen molar-refractivity contribution in [3.8, 4) is 0 Å². The zero-order valence-electron chi connectivity index (χ0n) is 12.1. The fourth-order valence-corrected chi connectivity index (χ4v) is 2.00. The monoisotopic (exact) mass is 332 g/mol. The molecule has 116 valence electrons. The van der Waals surface area contributed by atoms with Crippen LogP contribution in [0, 0.1) is 0 Å². The number of nitrogens with two attached hydrogens (primary N) is 1. The summed E-state index contributed by atoms with van der Waals surface area (Å²) in [6.07, 6.45) is -0.585. The molecule has 3 N–H and O–H groups in total. The summed E-state index contributed by atoms with van der Waals surface area (Å²) in [4.78, 5) is 23.2. The Morgan fingerprint density at radius 2 is 1.95 bits per heavy atom. The first-order valence-electron chi connectivity index (χ1n) is 6.32. The van der Waals surface area contributed by atoms with E-state index in [4.69, 9.17) is 33.7 Å². The van der Waals surface area contributed by atoms with Crippen molar-refractivity contribution >= 4 is 35.2 Å². The zero-order valence-corrected chi connectivity index (χ0v) is 13.6. The molecule has 0 spiro atoms. The van der Waals surface area contributed by atoms with Crippen LogP contribution in [0.2, 0.25) is 10.0 Å². The molecule has 5 nitrogen and oxygen atoms in total. The highest BCUT2D eigenvalue weighted by atomic mass is 35.5. The van der Waals surface area contributed by atoms with E-state index in [1.807, 2.05) is 0 Å². The third-order valence-corrected chi connectivity index (χ3v) is 3.35. The van der Waals surface area contributed by atoms with E-state index in [1.165, 1.54) is 0 Å². The van der Waals surface area contributed by atoms with Crippen molar-refractivity contribution < 1.29 is 14.3 Å². The number of benzene rings is 1. The molecule has 0 saturated heterocycles. The molecule has 0 aliphatic carbocycles. The van der Waals surface area contributed by atoms with Gasteiger partial charge in [0.1, 0.15) is 11.6 Å². The summed E-state index contributed by atoms with van der Waals surface area (Å²) in [5.41, 5.74) is 5.25. The minimum Gasteiger partial charge on any atom is -0.444 e. The Labute approximate surface area is 133 Å². The van der Waals surface area contributed by atoms with Gasteiger partial charge in [-0.05, 0) is 32.4 Å². The molecule has 2 amide bonds. The standard InChI is InChI=1S/C14H18Cl2N2O3/c1-14(2,3)21-13(20)18-10(12(17)19)7-8-5-4-6-9(15)11(8)16/h4-6,10H,7H2,1-3H3,(H2,17,19)(H,18,20). The molecule has 0 aromatic heterocycles. The predicted octanol–water partition coefficient (Wildman–Crippen LogP) is 2.91. The summed E-state index contributed by atoms with van der Waals surface area (Å²) in [6, 6.07) is 4.11. The molecule has 1 aromatic rings. The van der Waals surface area contributed by atoms with E-state index in [1.54, 1.807) is 39.0 Å². The van der Waals surface area contributed by atoms with Crippen LogP contribution in [-0.2, 0) is 16.0 Å². The number of carbonyl (C=O) groups is 2. The van der Waals surface area contributed by atoms with E-state index in [9.17, 15) is 9.59 Å². The molecule has 0 saturated carbocycles. The Balaban J connectivity index is 2.82. The van der Waals surface area contributed by atoms with Crippen molar-refractivity contribution in [2.75, 3.05) is 0 Å². The number of carbonyl (C=O) groups excluding carboxylic acids is 2. The van der Waals surface area contributed by atoms with Gasteiger partial charge in [-0.3, -0.25) is 4.79 Å². The first-order chi connectivity index (χ1) is 9.60. The highest BCUT2D eigenvalue weighted by molar-refractivity contribution is 6.42. The number of alkyl carbamates (subject to hydrolysis) is 1. The Morgan fingerprint density at radius 1 is 1.33 bits per heavy atom. The maximum atomic E-state index is 11.7. The van der Waals surface area contributed by atoms with E-state index in [0.29, 0.717) is 15.6 Å². The third-order valence-electron chi connectivity index (χ3n) is 2.49. The first-order valence-corrected chi connectivity index (χ1v) is 7.07. The van der Waals surface area contributed by atoms with E-state index in [-0.39, 0.29) is 6.42 Å². The number of halogens is 2. The summed E-state index contributed by atoms with van der Waals surface area (Å²) in [5, 5.41) is 3.13. The maximum Gasteiger partial charge on any atom is 0.408 e. The van der Waals surface area contributed by atoms with Crippen LogP contribution in [0.1, 0.15) is 26.3 Å². The minimum absolute atomic E-state index is 0.133. The molecule has 0 fully saturated rings. The van der Waals surface area contributed by atoms with Crippen molar-refractivity contribution in [3.05, 3.63) is 33.8 Å². The summed E-state index contributed by atoms with van der Waals surface area (Å²) in [6.45, 7) is 5.17. The number of amides is 2. The van der Waals surface area contributed by atoms with Gasteiger partial charge in [-0.2, -0.15) is 0 Å². The Kier molecular flexibility index (Phi) is 5.87. The zero-order chi connectivity index (χ0) is 16.2. The summed E-state index contributed by atoms with van der Waals surface area (Å²) >= 11 is 12.0. The van der Waals surface area contributed by atoms with Crippen LogP contribution in [-0.4, -0.2) is 23.6 Å². The van der Waals surface area contributed by atoms with Gasteiger partial charge in [0.25, 0.3) is 0 Å². The number of hydrogen-bond donors (Lipinski definition) is 2. The van der Waals surface area contributed by atoms with Gasteiger partial charge in [0.2, 0.25) is 5.91 Å². The SMILES string of the molecule is CC(C)(C)OC(=O)NC(Cc1cccc(Cl)c1Cl)C(N)=O. The average molecular weight is 333 g/mol. The third kappa shape index (κ3) is 5.81. The summed E-state index contributed by atoms with van der Waals surface area (Å²) in [7, 11) is 0. The van der Waals surface area contributed by atoms with Gasteiger partial charge >= 0.3 is 6.09 Å². The van der Waals surface area contributed by atoms with Crippen molar-refractivity contribution in [2.45, 2.75) is 38.8 Å². The minimum atomic E-state index is -0.934.